The zero-order chi connectivity index (χ0) is 10.8. The maximum Gasteiger partial charge on any atom is 0.316 e. The lowest BCUT2D eigenvalue weighted by molar-refractivity contribution is 0.511. The Labute approximate surface area is 111 Å². The van der Waals surface area contributed by atoms with Crippen molar-refractivity contribution >= 4 is 50.5 Å². The van der Waals surface area contributed by atoms with Crippen molar-refractivity contribution in [2.45, 2.75) is 0 Å². The molecule has 0 saturated heterocycles. The molecule has 0 radical (unpaired) electrons. The standard InChI is InChI=1S/C10H9NO3S.Mg.2H/c11-10-3-1-2-7-6-8(14-15(12)13)4-5-9(7)10;;;/h1-6,15H,11H2;;;. The molecule has 2 aromatic carbocycles. The summed E-state index contributed by atoms with van der Waals surface area (Å²) < 4.78 is 25.3. The highest BCUT2D eigenvalue weighted by Gasteiger charge is 2.00. The van der Waals surface area contributed by atoms with Crippen LogP contribution in [0.25, 0.3) is 10.8 Å². The molecule has 0 unspecified atom stereocenters. The Hall–Kier alpha value is -0.984. The van der Waals surface area contributed by atoms with E-state index in [4.69, 9.17) is 5.73 Å². The second-order valence-electron chi connectivity index (χ2n) is 3.05. The second-order valence-corrected chi connectivity index (χ2v) is 3.67. The Morgan fingerprint density at radius 2 is 1.88 bits per heavy atom. The van der Waals surface area contributed by atoms with Crippen molar-refractivity contribution in [3.8, 4) is 5.75 Å². The number of rotatable bonds is 2. The summed E-state index contributed by atoms with van der Waals surface area (Å²) >= 11 is 0. The molecule has 0 atom stereocenters. The molecule has 0 aliphatic carbocycles. The van der Waals surface area contributed by atoms with Crippen molar-refractivity contribution in [2.75, 3.05) is 5.73 Å². The van der Waals surface area contributed by atoms with Crippen molar-refractivity contribution in [3.63, 3.8) is 0 Å². The minimum Gasteiger partial charge on any atom is -0.398 e. The summed E-state index contributed by atoms with van der Waals surface area (Å²) in [6, 6.07) is 10.4. The van der Waals surface area contributed by atoms with E-state index in [1.807, 2.05) is 6.07 Å². The summed E-state index contributed by atoms with van der Waals surface area (Å²) in [4.78, 5) is 0. The van der Waals surface area contributed by atoms with Crippen LogP contribution in [0.1, 0.15) is 0 Å². The van der Waals surface area contributed by atoms with Gasteiger partial charge in [0.15, 0.2) is 0 Å². The van der Waals surface area contributed by atoms with Crippen LogP contribution in [0, 0.1) is 0 Å². The highest BCUT2D eigenvalue weighted by Crippen LogP contribution is 2.25. The van der Waals surface area contributed by atoms with Gasteiger partial charge in [0, 0.05) is 11.1 Å². The van der Waals surface area contributed by atoms with Crippen LogP contribution < -0.4 is 9.92 Å². The molecule has 2 N–H and O–H groups in total. The van der Waals surface area contributed by atoms with Gasteiger partial charge in [0.2, 0.25) is 0 Å². The Morgan fingerprint density at radius 1 is 1.12 bits per heavy atom. The van der Waals surface area contributed by atoms with Gasteiger partial charge in [-0.05, 0) is 29.7 Å². The number of hydrogen-bond acceptors (Lipinski definition) is 4. The number of fused-ring (bicyclic) bond motifs is 1. The molecular weight excluding hydrogens is 238 g/mol. The van der Waals surface area contributed by atoms with Gasteiger partial charge in [-0.3, -0.25) is 0 Å². The van der Waals surface area contributed by atoms with E-state index < -0.39 is 11.0 Å². The van der Waals surface area contributed by atoms with Crippen molar-refractivity contribution in [1.29, 1.82) is 0 Å². The molecule has 0 heterocycles. The summed E-state index contributed by atoms with van der Waals surface area (Å²) in [5, 5.41) is 1.73. The predicted molar refractivity (Wildman–Crippen MR) is 67.8 cm³/mol. The van der Waals surface area contributed by atoms with E-state index >= 15 is 0 Å². The first kappa shape index (κ1) is 13.1. The Kier molecular flexibility index (Phi) is 4.40. The van der Waals surface area contributed by atoms with Gasteiger partial charge in [-0.15, -0.1) is 0 Å². The summed E-state index contributed by atoms with van der Waals surface area (Å²) in [6.45, 7) is 0. The Balaban J connectivity index is 0.00000128. The van der Waals surface area contributed by atoms with E-state index in [0.29, 0.717) is 11.4 Å². The molecule has 6 heteroatoms. The number of benzene rings is 2. The van der Waals surface area contributed by atoms with E-state index in [1.165, 1.54) is 0 Å². The minimum absolute atomic E-state index is 0. The molecule has 0 fully saturated rings. The monoisotopic (exact) mass is 249 g/mol. The molecule has 0 saturated carbocycles. The molecule has 0 aliphatic heterocycles. The molecule has 82 valence electrons. The van der Waals surface area contributed by atoms with E-state index in [9.17, 15) is 8.42 Å². The first-order valence-electron chi connectivity index (χ1n) is 4.27. The molecule has 0 bridgehead atoms. The van der Waals surface area contributed by atoms with Gasteiger partial charge < -0.3 is 9.92 Å². The number of anilines is 1. The predicted octanol–water partition coefficient (Wildman–Crippen LogP) is 0.411. The summed E-state index contributed by atoms with van der Waals surface area (Å²) in [5.41, 5.74) is 6.41. The highest BCUT2D eigenvalue weighted by molar-refractivity contribution is 7.67. The largest absolute Gasteiger partial charge is 0.398 e. The van der Waals surface area contributed by atoms with Gasteiger partial charge in [-0.1, -0.05) is 12.1 Å². The maximum absolute atomic E-state index is 10.4. The smallest absolute Gasteiger partial charge is 0.316 e. The molecule has 0 amide bonds. The van der Waals surface area contributed by atoms with E-state index in [0.717, 1.165) is 10.8 Å². The topological polar surface area (TPSA) is 69.4 Å². The van der Waals surface area contributed by atoms with Gasteiger partial charge in [-0.25, -0.2) is 0 Å². The summed E-state index contributed by atoms with van der Waals surface area (Å²) in [6.07, 6.45) is 0. The fraction of sp³-hybridized carbons (Fsp3) is 0. The summed E-state index contributed by atoms with van der Waals surface area (Å²) in [5.74, 6) is 0.296. The number of nitrogen functional groups attached to an aromatic ring is 1. The molecular formula is C10H11MgNO3S. The maximum atomic E-state index is 10.4. The van der Waals surface area contributed by atoms with Crippen LogP contribution >= 0.6 is 0 Å². The molecule has 0 aromatic heterocycles. The summed E-state index contributed by atoms with van der Waals surface area (Å²) in [7, 11) is -2.87. The highest BCUT2D eigenvalue weighted by atomic mass is 32.2. The fourth-order valence-electron chi connectivity index (χ4n) is 1.43. The lowest BCUT2D eigenvalue weighted by atomic mass is 10.1. The Bertz CT molecular complexity index is 575. The van der Waals surface area contributed by atoms with E-state index in [2.05, 4.69) is 4.18 Å². The lowest BCUT2D eigenvalue weighted by Gasteiger charge is -2.03. The van der Waals surface area contributed by atoms with Gasteiger partial charge in [0.1, 0.15) is 5.75 Å². The van der Waals surface area contributed by atoms with Crippen molar-refractivity contribution in [1.82, 2.24) is 0 Å². The molecule has 0 aliphatic rings. The average Bonchev–Trinajstić information content (AvgIpc) is 2.17. The number of nitrogens with two attached hydrogens (primary N) is 1. The molecule has 0 spiro atoms. The van der Waals surface area contributed by atoms with Crippen LogP contribution in [0.15, 0.2) is 36.4 Å². The molecule has 16 heavy (non-hydrogen) atoms. The quantitative estimate of drug-likeness (QED) is 0.460. The van der Waals surface area contributed by atoms with Crippen LogP contribution in [0.2, 0.25) is 0 Å². The molecule has 2 aromatic rings. The SMILES string of the molecule is Nc1cccc2cc(O[SH](=O)=O)ccc12.[MgH2]. The van der Waals surface area contributed by atoms with Crippen LogP contribution in [-0.4, -0.2) is 31.5 Å². The minimum atomic E-state index is -2.87. The second kappa shape index (κ2) is 5.38. The average molecular weight is 250 g/mol. The third-order valence-corrected chi connectivity index (χ3v) is 2.43. The van der Waals surface area contributed by atoms with E-state index in [-0.39, 0.29) is 23.1 Å². The normalized spacial score (nSPS) is 10.1. The van der Waals surface area contributed by atoms with Crippen molar-refractivity contribution < 1.29 is 12.6 Å². The molecule has 2 rings (SSSR count). The Morgan fingerprint density at radius 3 is 2.56 bits per heavy atom. The van der Waals surface area contributed by atoms with Gasteiger partial charge in [0.25, 0.3) is 11.0 Å². The number of hydrogen-bond donors (Lipinski definition) is 2. The third kappa shape index (κ3) is 2.78. The van der Waals surface area contributed by atoms with Gasteiger partial charge >= 0.3 is 23.1 Å². The zero-order valence-corrected chi connectivity index (χ0v) is 8.61. The van der Waals surface area contributed by atoms with Gasteiger partial charge in [0.05, 0.1) is 0 Å². The zero-order valence-electron chi connectivity index (χ0n) is 7.71. The van der Waals surface area contributed by atoms with Crippen molar-refractivity contribution in [3.05, 3.63) is 36.4 Å². The van der Waals surface area contributed by atoms with Gasteiger partial charge in [-0.2, -0.15) is 8.42 Å². The number of thiol groups is 1. The van der Waals surface area contributed by atoms with E-state index in [1.54, 1.807) is 30.3 Å². The first-order chi connectivity index (χ1) is 7.16. The fourth-order valence-corrected chi connectivity index (χ4v) is 1.72. The third-order valence-electron chi connectivity index (χ3n) is 2.07. The van der Waals surface area contributed by atoms with Crippen LogP contribution in [0.5, 0.6) is 5.75 Å². The van der Waals surface area contributed by atoms with Crippen LogP contribution in [0.3, 0.4) is 0 Å². The van der Waals surface area contributed by atoms with Crippen LogP contribution in [-0.2, 0) is 11.0 Å². The van der Waals surface area contributed by atoms with Crippen molar-refractivity contribution in [2.24, 2.45) is 0 Å². The van der Waals surface area contributed by atoms with Crippen LogP contribution in [0.4, 0.5) is 5.69 Å². The lowest BCUT2D eigenvalue weighted by Crippen LogP contribution is -1.91. The molecule has 4 nitrogen and oxygen atoms in total. The first-order valence-corrected chi connectivity index (χ1v) is 5.37.